The van der Waals surface area contributed by atoms with Crippen molar-refractivity contribution in [3.05, 3.63) is 148 Å². The molecule has 0 aliphatic rings. The summed E-state index contributed by atoms with van der Waals surface area (Å²) in [6.07, 6.45) is 10.6. The van der Waals surface area contributed by atoms with Crippen LogP contribution in [-0.2, 0) is 21.1 Å². The SMILES string of the molecule is CNc1cc2c(cn1)ncn2C.Cc1cc(C#N)ccc1Br.Cc1cc(C#N)ccc1N(C)c1cc2c(cn1)ncn2C.Cc1cc(C(N)=O)ccc1N(C)c1cc2c(cn1)ncn2C. The van der Waals surface area contributed by atoms with E-state index in [1.165, 1.54) is 0 Å². The normalized spacial score (nSPS) is 10.4. The minimum Gasteiger partial charge on any atom is -0.373 e. The lowest BCUT2D eigenvalue weighted by Crippen LogP contribution is -2.15. The number of nitrogens with two attached hydrogens (primary N) is 1. The van der Waals surface area contributed by atoms with Crippen molar-refractivity contribution in [1.82, 2.24) is 43.6 Å². The Morgan fingerprint density at radius 2 is 1.05 bits per heavy atom. The number of imidazole rings is 3. The van der Waals surface area contributed by atoms with Gasteiger partial charge in [0.2, 0.25) is 5.91 Å². The Kier molecular flexibility index (Phi) is 14.5. The molecule has 9 aromatic rings. The second kappa shape index (κ2) is 20.4. The van der Waals surface area contributed by atoms with Crippen LogP contribution in [0.15, 0.2) is 115 Å². The van der Waals surface area contributed by atoms with Crippen molar-refractivity contribution in [3.63, 3.8) is 0 Å². The summed E-state index contributed by atoms with van der Waals surface area (Å²) in [6, 6.07) is 26.8. The van der Waals surface area contributed by atoms with Crippen LogP contribution in [0.2, 0.25) is 0 Å². The number of aryl methyl sites for hydroxylation is 6. The van der Waals surface area contributed by atoms with E-state index in [-0.39, 0.29) is 0 Å². The van der Waals surface area contributed by atoms with E-state index in [1.807, 2.05) is 141 Å². The standard InChI is InChI=1S/C16H17N5O.C16H15N5.C8H6BrN.C8H10N4/c1-10-6-11(16(17)22)4-5-13(10)21(3)15-7-14-12(8-18-15)19-9-20(14)2;1-11-6-12(8-17)4-5-14(11)21(3)16-7-15-13(9-18-16)19-10-20(15)2;1-6-4-7(5-10)2-3-8(6)9;1-9-8-3-7-6(4-10-8)11-5-12(7)2/h4-9H,1-3H3,(H2,17,22);4-7,9-10H,1-3H3;2-4H,1H3;3-5H,1-2H3,(H,9,10). The molecule has 0 aliphatic heterocycles. The molecule has 0 spiro atoms. The molecule has 0 bridgehead atoms. The highest BCUT2D eigenvalue weighted by molar-refractivity contribution is 9.10. The number of hydrogen-bond donors (Lipinski definition) is 2. The summed E-state index contributed by atoms with van der Waals surface area (Å²) >= 11 is 3.35. The Balaban J connectivity index is 0.000000151. The van der Waals surface area contributed by atoms with E-state index < -0.39 is 5.91 Å². The number of carbonyl (C=O) groups excluding carboxylic acids is 1. The fourth-order valence-corrected chi connectivity index (χ4v) is 7.07. The van der Waals surface area contributed by atoms with Gasteiger partial charge in [0.15, 0.2) is 0 Å². The Morgan fingerprint density at radius 3 is 1.48 bits per heavy atom. The molecule has 328 valence electrons. The second-order valence-corrected chi connectivity index (χ2v) is 16.0. The van der Waals surface area contributed by atoms with Gasteiger partial charge in [-0.2, -0.15) is 10.5 Å². The molecule has 0 aliphatic carbocycles. The minimum absolute atomic E-state index is 0.424. The number of nitriles is 2. The van der Waals surface area contributed by atoms with Crippen LogP contribution in [0.1, 0.15) is 38.2 Å². The van der Waals surface area contributed by atoms with Crippen molar-refractivity contribution < 1.29 is 4.79 Å². The maximum absolute atomic E-state index is 11.2. The van der Waals surface area contributed by atoms with Crippen molar-refractivity contribution >= 4 is 83.8 Å². The fourth-order valence-electron chi connectivity index (χ4n) is 6.82. The predicted octanol–water partition coefficient (Wildman–Crippen LogP) is 8.70. The molecule has 17 heteroatoms. The van der Waals surface area contributed by atoms with Crippen molar-refractivity contribution in [1.29, 1.82) is 10.5 Å². The predicted molar refractivity (Wildman–Crippen MR) is 260 cm³/mol. The molecule has 0 radical (unpaired) electrons. The van der Waals surface area contributed by atoms with Crippen LogP contribution in [0.3, 0.4) is 0 Å². The van der Waals surface area contributed by atoms with Crippen molar-refractivity contribution in [2.75, 3.05) is 36.3 Å². The highest BCUT2D eigenvalue weighted by Gasteiger charge is 2.13. The Morgan fingerprint density at radius 1 is 0.615 bits per heavy atom. The van der Waals surface area contributed by atoms with Gasteiger partial charge in [-0.3, -0.25) is 4.79 Å². The van der Waals surface area contributed by atoms with Gasteiger partial charge in [-0.25, -0.2) is 29.9 Å². The molecule has 16 nitrogen and oxygen atoms in total. The molecule has 0 saturated carbocycles. The number of primary amides is 1. The van der Waals surface area contributed by atoms with Gasteiger partial charge in [-0.1, -0.05) is 15.9 Å². The van der Waals surface area contributed by atoms with Crippen LogP contribution in [0.25, 0.3) is 33.1 Å². The number of benzene rings is 3. The Bertz CT molecular complexity index is 3250. The molecule has 3 N–H and O–H groups in total. The highest BCUT2D eigenvalue weighted by Crippen LogP contribution is 2.29. The lowest BCUT2D eigenvalue weighted by atomic mass is 10.1. The summed E-state index contributed by atoms with van der Waals surface area (Å²) < 4.78 is 6.95. The first-order chi connectivity index (χ1) is 31.1. The Hall–Kier alpha value is -8.15. The molecule has 1 amide bonds. The molecule has 0 unspecified atom stereocenters. The third kappa shape index (κ3) is 10.7. The van der Waals surface area contributed by atoms with Crippen LogP contribution < -0.4 is 20.9 Å². The second-order valence-electron chi connectivity index (χ2n) is 15.1. The summed E-state index contributed by atoms with van der Waals surface area (Å²) in [5, 5.41) is 20.4. The third-order valence-electron chi connectivity index (χ3n) is 10.6. The lowest BCUT2D eigenvalue weighted by molar-refractivity contribution is 0.1000. The molecular formula is C48H48BrN15O. The fraction of sp³-hybridized carbons (Fsp3) is 0.188. The first-order valence-electron chi connectivity index (χ1n) is 20.2. The largest absolute Gasteiger partial charge is 0.373 e. The van der Waals surface area contributed by atoms with Gasteiger partial charge in [-0.05, 0) is 92.1 Å². The smallest absolute Gasteiger partial charge is 0.248 e. The summed E-state index contributed by atoms with van der Waals surface area (Å²) in [6.45, 7) is 5.90. The van der Waals surface area contributed by atoms with Crippen LogP contribution >= 0.6 is 15.9 Å². The number of carbonyl (C=O) groups is 1. The molecule has 6 heterocycles. The molecule has 0 fully saturated rings. The van der Waals surface area contributed by atoms with E-state index in [1.54, 1.807) is 55.8 Å². The van der Waals surface area contributed by atoms with E-state index >= 15 is 0 Å². The van der Waals surface area contributed by atoms with Gasteiger partial charge in [-0.15, -0.1) is 0 Å². The molecule has 9 rings (SSSR count). The highest BCUT2D eigenvalue weighted by atomic mass is 79.9. The maximum atomic E-state index is 11.2. The van der Waals surface area contributed by atoms with E-state index in [0.29, 0.717) is 16.7 Å². The number of anilines is 5. The average Bonchev–Trinajstić information content (AvgIpc) is 4.01. The molecule has 65 heavy (non-hydrogen) atoms. The number of rotatable bonds is 6. The van der Waals surface area contributed by atoms with Gasteiger partial charge in [0, 0.05) is 81.9 Å². The van der Waals surface area contributed by atoms with Crippen molar-refractivity contribution in [2.45, 2.75) is 20.8 Å². The van der Waals surface area contributed by atoms with Crippen LogP contribution in [0.5, 0.6) is 0 Å². The summed E-state index contributed by atoms with van der Waals surface area (Å²) in [5.74, 6) is 2.10. The number of nitrogens with one attached hydrogen (secondary N) is 1. The molecule has 0 atom stereocenters. The zero-order valence-electron chi connectivity index (χ0n) is 37.6. The summed E-state index contributed by atoms with van der Waals surface area (Å²) in [4.78, 5) is 41.0. The minimum atomic E-state index is -0.424. The summed E-state index contributed by atoms with van der Waals surface area (Å²) in [5.41, 5.74) is 18.1. The first kappa shape index (κ1) is 46.4. The number of hydrogen-bond acceptors (Lipinski definition) is 12. The van der Waals surface area contributed by atoms with Crippen LogP contribution in [-0.4, -0.2) is 70.7 Å². The molecular weight excluding hydrogens is 883 g/mol. The third-order valence-corrected chi connectivity index (χ3v) is 11.5. The van der Waals surface area contributed by atoms with Gasteiger partial charge < -0.3 is 34.6 Å². The first-order valence-corrected chi connectivity index (χ1v) is 21.0. The van der Waals surface area contributed by atoms with Crippen molar-refractivity contribution in [3.8, 4) is 12.1 Å². The topological polar surface area (TPSA) is 201 Å². The van der Waals surface area contributed by atoms with Gasteiger partial charge in [0.25, 0.3) is 0 Å². The molecule has 0 saturated heterocycles. The number of amides is 1. The van der Waals surface area contributed by atoms with Gasteiger partial charge in [0.05, 0.1) is 77.4 Å². The lowest BCUT2D eigenvalue weighted by Gasteiger charge is -2.21. The monoisotopic (exact) mass is 929 g/mol. The number of fused-ring (bicyclic) bond motifs is 3. The quantitative estimate of drug-likeness (QED) is 0.161. The molecule has 3 aromatic carbocycles. The number of halogens is 1. The number of aromatic nitrogens is 9. The van der Waals surface area contributed by atoms with E-state index in [0.717, 1.165) is 83.1 Å². The number of pyridine rings is 3. The van der Waals surface area contributed by atoms with E-state index in [2.05, 4.69) is 63.3 Å². The number of nitrogens with zero attached hydrogens (tertiary/aromatic N) is 13. The van der Waals surface area contributed by atoms with E-state index in [9.17, 15) is 4.79 Å². The van der Waals surface area contributed by atoms with Gasteiger partial charge in [0.1, 0.15) is 34.0 Å². The van der Waals surface area contributed by atoms with Gasteiger partial charge >= 0.3 is 0 Å². The van der Waals surface area contributed by atoms with E-state index in [4.69, 9.17) is 16.3 Å². The average molecular weight is 931 g/mol. The maximum Gasteiger partial charge on any atom is 0.248 e. The zero-order valence-corrected chi connectivity index (χ0v) is 39.2. The van der Waals surface area contributed by atoms with Crippen LogP contribution in [0.4, 0.5) is 28.8 Å². The molecule has 6 aromatic heterocycles. The Labute approximate surface area is 385 Å². The van der Waals surface area contributed by atoms with Crippen molar-refractivity contribution in [2.24, 2.45) is 26.9 Å². The zero-order chi connectivity index (χ0) is 46.9. The van der Waals surface area contributed by atoms with Crippen LogP contribution in [0, 0.1) is 43.4 Å². The summed E-state index contributed by atoms with van der Waals surface area (Å²) in [7, 11) is 11.6.